The molecule has 1 amide bonds. The van der Waals surface area contributed by atoms with E-state index in [0.29, 0.717) is 23.6 Å². The maximum atomic E-state index is 12.4. The monoisotopic (exact) mass is 309 g/mol. The highest BCUT2D eigenvalue weighted by atomic mass is 35.5. The van der Waals surface area contributed by atoms with Gasteiger partial charge in [0.25, 0.3) is 0 Å². The lowest BCUT2D eigenvalue weighted by Crippen LogP contribution is -2.39. The molecule has 2 atom stereocenters. The maximum absolute atomic E-state index is 12.4. The van der Waals surface area contributed by atoms with E-state index in [1.54, 1.807) is 24.3 Å². The van der Waals surface area contributed by atoms with Crippen molar-refractivity contribution in [3.05, 3.63) is 34.9 Å². The van der Waals surface area contributed by atoms with Gasteiger partial charge in [0.1, 0.15) is 13.4 Å². The van der Waals surface area contributed by atoms with Gasteiger partial charge in [0, 0.05) is 18.0 Å². The number of hydrogen-bond donors (Lipinski definition) is 2. The van der Waals surface area contributed by atoms with Gasteiger partial charge >= 0.3 is 0 Å². The van der Waals surface area contributed by atoms with E-state index >= 15 is 0 Å². The zero-order valence-corrected chi connectivity index (χ0v) is 12.3. The van der Waals surface area contributed by atoms with E-state index in [1.165, 1.54) is 13.4 Å². The first kappa shape index (κ1) is 15.5. The summed E-state index contributed by atoms with van der Waals surface area (Å²) < 4.78 is 0. The summed E-state index contributed by atoms with van der Waals surface area (Å²) in [6.45, 7) is 0.448. The topological polar surface area (TPSA) is 79.8 Å². The van der Waals surface area contributed by atoms with Gasteiger partial charge in [-0.25, -0.2) is 0 Å². The van der Waals surface area contributed by atoms with Crippen molar-refractivity contribution < 1.29 is 14.4 Å². The largest absolute Gasteiger partial charge is 0.398 e. The third kappa shape index (κ3) is 3.80. The van der Waals surface area contributed by atoms with Gasteiger partial charge in [-0.1, -0.05) is 28.9 Å². The van der Waals surface area contributed by atoms with E-state index in [0.717, 1.165) is 0 Å². The van der Waals surface area contributed by atoms with Gasteiger partial charge < -0.3 is 15.5 Å². The molecule has 1 aromatic carbocycles. The third-order valence-electron chi connectivity index (χ3n) is 3.32. The van der Waals surface area contributed by atoms with Gasteiger partial charge in [0.2, 0.25) is 5.91 Å². The molecule has 1 aromatic rings. The molecule has 112 valence electrons. The Balaban J connectivity index is 1.96. The van der Waals surface area contributed by atoms with Crippen molar-refractivity contribution in [1.82, 2.24) is 10.6 Å². The van der Waals surface area contributed by atoms with Gasteiger partial charge in [0.05, 0.1) is 11.1 Å². The number of rotatable bonds is 5. The molecular weight excluding hydrogens is 294 g/mol. The predicted molar refractivity (Wildman–Crippen MR) is 79.3 cm³/mol. The Hall–Kier alpha value is -1.92. The highest BCUT2D eigenvalue weighted by molar-refractivity contribution is 6.34. The van der Waals surface area contributed by atoms with Crippen molar-refractivity contribution in [1.29, 1.82) is 0 Å². The molecule has 0 saturated carbocycles. The average Bonchev–Trinajstić information content (AvgIpc) is 2.97. The molecule has 2 rings (SSSR count). The van der Waals surface area contributed by atoms with Crippen LogP contribution >= 0.6 is 11.6 Å². The molecule has 2 unspecified atom stereocenters. The molecule has 1 aliphatic heterocycles. The molecule has 1 fully saturated rings. The minimum atomic E-state index is -0.426. The summed E-state index contributed by atoms with van der Waals surface area (Å²) in [6, 6.07) is 6.50. The lowest BCUT2D eigenvalue weighted by atomic mass is 9.95. The van der Waals surface area contributed by atoms with Crippen LogP contribution in [0.4, 0.5) is 0 Å². The van der Waals surface area contributed by atoms with Crippen LogP contribution < -0.4 is 10.6 Å². The Labute approximate surface area is 127 Å². The summed E-state index contributed by atoms with van der Waals surface area (Å²) in [7, 11) is 1.38. The van der Waals surface area contributed by atoms with Crippen molar-refractivity contribution in [3.8, 4) is 0 Å². The van der Waals surface area contributed by atoms with E-state index in [-0.39, 0.29) is 17.6 Å². The SMILES string of the molecule is CO/N=C\NC(=O)C1CC(C(=O)c2ccccc2Cl)CN1. The van der Waals surface area contributed by atoms with Crippen molar-refractivity contribution in [2.75, 3.05) is 13.7 Å². The predicted octanol–water partition coefficient (Wildman–Crippen LogP) is 1.21. The van der Waals surface area contributed by atoms with Crippen molar-refractivity contribution in [3.63, 3.8) is 0 Å². The highest BCUT2D eigenvalue weighted by Gasteiger charge is 2.34. The number of Topliss-reactive ketones (excluding diaryl/α,β-unsaturated/α-hetero) is 1. The second kappa shape index (κ2) is 7.19. The molecule has 21 heavy (non-hydrogen) atoms. The molecule has 0 bridgehead atoms. The number of oxime groups is 1. The Morgan fingerprint density at radius 1 is 1.48 bits per heavy atom. The zero-order valence-electron chi connectivity index (χ0n) is 11.5. The molecule has 1 saturated heterocycles. The molecule has 1 heterocycles. The number of nitrogens with one attached hydrogen (secondary N) is 2. The van der Waals surface area contributed by atoms with Crippen LogP contribution in [0.1, 0.15) is 16.8 Å². The van der Waals surface area contributed by atoms with Gasteiger partial charge in [0.15, 0.2) is 5.78 Å². The molecule has 7 heteroatoms. The van der Waals surface area contributed by atoms with Crippen LogP contribution in [0.15, 0.2) is 29.4 Å². The van der Waals surface area contributed by atoms with Gasteiger partial charge in [-0.15, -0.1) is 0 Å². The first-order chi connectivity index (χ1) is 10.1. The van der Waals surface area contributed by atoms with Crippen molar-refractivity contribution >= 4 is 29.6 Å². The van der Waals surface area contributed by atoms with Gasteiger partial charge in [-0.2, -0.15) is 0 Å². The molecule has 0 spiro atoms. The van der Waals surface area contributed by atoms with E-state index < -0.39 is 6.04 Å². The fourth-order valence-corrected chi connectivity index (χ4v) is 2.49. The smallest absolute Gasteiger partial charge is 0.242 e. The number of carbonyl (C=O) groups is 2. The standard InChI is InChI=1S/C14H16ClN3O3/c1-21-18-8-17-14(20)12-6-9(7-16-12)13(19)10-4-2-3-5-11(10)15/h2-5,8-9,12,16H,6-7H2,1H3,(H,17,18,20). The first-order valence-electron chi connectivity index (χ1n) is 6.51. The Morgan fingerprint density at radius 2 is 2.24 bits per heavy atom. The summed E-state index contributed by atoms with van der Waals surface area (Å²) in [6.07, 6.45) is 1.60. The van der Waals surface area contributed by atoms with Crippen LogP contribution in [0.3, 0.4) is 0 Å². The molecule has 1 aliphatic rings. The van der Waals surface area contributed by atoms with Crippen LogP contribution in [0, 0.1) is 5.92 Å². The molecular formula is C14H16ClN3O3. The van der Waals surface area contributed by atoms with Crippen LogP contribution in [-0.4, -0.2) is 37.7 Å². The Kier molecular flexibility index (Phi) is 5.30. The maximum Gasteiger partial charge on any atom is 0.242 e. The van der Waals surface area contributed by atoms with Crippen LogP contribution in [-0.2, 0) is 9.63 Å². The number of halogens is 1. The number of nitrogens with zero attached hydrogens (tertiary/aromatic N) is 1. The van der Waals surface area contributed by atoms with Crippen molar-refractivity contribution in [2.45, 2.75) is 12.5 Å². The van der Waals surface area contributed by atoms with Crippen LogP contribution in [0.25, 0.3) is 0 Å². The zero-order chi connectivity index (χ0) is 15.2. The summed E-state index contributed by atoms with van der Waals surface area (Å²) >= 11 is 6.03. The number of benzene rings is 1. The molecule has 0 radical (unpaired) electrons. The fraction of sp³-hybridized carbons (Fsp3) is 0.357. The Morgan fingerprint density at radius 3 is 2.95 bits per heavy atom. The van der Waals surface area contributed by atoms with E-state index in [9.17, 15) is 9.59 Å². The first-order valence-corrected chi connectivity index (χ1v) is 6.88. The summed E-state index contributed by atoms with van der Waals surface area (Å²) in [4.78, 5) is 28.7. The van der Waals surface area contributed by atoms with Crippen molar-refractivity contribution in [2.24, 2.45) is 11.1 Å². The molecule has 0 aliphatic carbocycles. The van der Waals surface area contributed by atoms with E-state index in [4.69, 9.17) is 11.6 Å². The fourth-order valence-electron chi connectivity index (χ4n) is 2.26. The van der Waals surface area contributed by atoms with Gasteiger partial charge in [-0.3, -0.25) is 9.59 Å². The third-order valence-corrected chi connectivity index (χ3v) is 3.65. The Bertz CT molecular complexity index is 562. The van der Waals surface area contributed by atoms with Crippen LogP contribution in [0.5, 0.6) is 0 Å². The lowest BCUT2D eigenvalue weighted by molar-refractivity contribution is -0.121. The minimum absolute atomic E-state index is 0.0473. The summed E-state index contributed by atoms with van der Waals surface area (Å²) in [5.74, 6) is -0.556. The number of ketones is 1. The summed E-state index contributed by atoms with van der Waals surface area (Å²) in [5, 5.41) is 9.37. The highest BCUT2D eigenvalue weighted by Crippen LogP contribution is 2.24. The van der Waals surface area contributed by atoms with Crippen LogP contribution in [0.2, 0.25) is 5.02 Å². The number of carbonyl (C=O) groups excluding carboxylic acids is 2. The second-order valence-corrected chi connectivity index (χ2v) is 5.07. The minimum Gasteiger partial charge on any atom is -0.398 e. The number of hydrogen-bond acceptors (Lipinski definition) is 5. The molecule has 2 N–H and O–H groups in total. The van der Waals surface area contributed by atoms with E-state index in [1.807, 2.05) is 0 Å². The average molecular weight is 310 g/mol. The lowest BCUT2D eigenvalue weighted by Gasteiger charge is -2.09. The molecule has 0 aromatic heterocycles. The van der Waals surface area contributed by atoms with Gasteiger partial charge in [-0.05, 0) is 18.6 Å². The van der Waals surface area contributed by atoms with E-state index in [2.05, 4.69) is 20.6 Å². The second-order valence-electron chi connectivity index (χ2n) is 4.66. The number of amides is 1. The normalized spacial score (nSPS) is 21.4. The molecule has 6 nitrogen and oxygen atoms in total. The summed E-state index contributed by atoms with van der Waals surface area (Å²) in [5.41, 5.74) is 0.493. The quantitative estimate of drug-likeness (QED) is 0.371.